The van der Waals surface area contributed by atoms with Gasteiger partial charge < -0.3 is 5.02 Å². The van der Waals surface area contributed by atoms with Gasteiger partial charge in [-0.3, -0.25) is 0 Å². The van der Waals surface area contributed by atoms with Crippen LogP contribution in [0.15, 0.2) is 54.6 Å². The van der Waals surface area contributed by atoms with Crippen LogP contribution in [0.3, 0.4) is 0 Å². The molecule has 0 amide bonds. The first-order valence-electron chi connectivity index (χ1n) is 5.63. The van der Waals surface area contributed by atoms with Crippen molar-refractivity contribution in [2.24, 2.45) is 0 Å². The van der Waals surface area contributed by atoms with Crippen LogP contribution < -0.4 is 10.9 Å². The molecule has 16 heavy (non-hydrogen) atoms. The fourth-order valence-electron chi connectivity index (χ4n) is 1.81. The van der Waals surface area contributed by atoms with E-state index in [4.69, 9.17) is 0 Å². The molecule has 2 aromatic rings. The third kappa shape index (κ3) is 2.34. The Bertz CT molecular complexity index is 453. The van der Waals surface area contributed by atoms with E-state index in [1.54, 1.807) is 0 Å². The van der Waals surface area contributed by atoms with Crippen molar-refractivity contribution in [1.82, 2.24) is 0 Å². The Hall–Kier alpha value is -1.54. The molecule has 0 saturated heterocycles. The van der Waals surface area contributed by atoms with Gasteiger partial charge in [-0.1, -0.05) is 61.5 Å². The van der Waals surface area contributed by atoms with E-state index in [0.29, 0.717) is 0 Å². The van der Waals surface area contributed by atoms with Gasteiger partial charge in [0.2, 0.25) is 0 Å². The predicted octanol–water partition coefficient (Wildman–Crippen LogP) is 1.35. The van der Waals surface area contributed by atoms with Gasteiger partial charge >= 0.3 is 6.92 Å². The van der Waals surface area contributed by atoms with Gasteiger partial charge in [0.1, 0.15) is 0 Å². The maximum atomic E-state index is 10.2. The molecule has 2 heteroatoms. The van der Waals surface area contributed by atoms with Crippen molar-refractivity contribution in [3.05, 3.63) is 60.2 Å². The van der Waals surface area contributed by atoms with Gasteiger partial charge in [0, 0.05) is 0 Å². The topological polar surface area (TPSA) is 20.2 Å². The van der Waals surface area contributed by atoms with Crippen molar-refractivity contribution in [2.45, 2.75) is 13.3 Å². The molecule has 0 heterocycles. The van der Waals surface area contributed by atoms with Gasteiger partial charge in [-0.2, -0.15) is 0 Å². The molecule has 0 aliphatic rings. The van der Waals surface area contributed by atoms with Crippen LogP contribution in [0.5, 0.6) is 0 Å². The molecule has 2 rings (SSSR count). The fourth-order valence-corrected chi connectivity index (χ4v) is 1.81. The molecule has 0 saturated carbocycles. The number of hydrogen-bond acceptors (Lipinski definition) is 1. The highest BCUT2D eigenvalue weighted by Gasteiger charge is 2.16. The molecular weight excluding hydrogens is 195 g/mol. The highest BCUT2D eigenvalue weighted by Crippen LogP contribution is 1.98. The van der Waals surface area contributed by atoms with E-state index in [-0.39, 0.29) is 0 Å². The summed E-state index contributed by atoms with van der Waals surface area (Å²) in [7, 11) is 0. The third-order valence-electron chi connectivity index (χ3n) is 2.79. The molecule has 0 radical (unpaired) electrons. The van der Waals surface area contributed by atoms with Gasteiger partial charge in [0.15, 0.2) is 0 Å². The second-order valence-electron chi connectivity index (χ2n) is 3.91. The first kappa shape index (κ1) is 11.0. The predicted molar refractivity (Wildman–Crippen MR) is 69.5 cm³/mol. The summed E-state index contributed by atoms with van der Waals surface area (Å²) in [6.07, 6.45) is 0.995. The second kappa shape index (κ2) is 5.00. The fraction of sp³-hybridized carbons (Fsp3) is 0.143. The number of rotatable bonds is 3. The van der Waals surface area contributed by atoms with Crippen molar-refractivity contribution >= 4 is 17.8 Å². The lowest BCUT2D eigenvalue weighted by Crippen LogP contribution is -2.42. The Kier molecular flexibility index (Phi) is 3.42. The molecule has 0 bridgehead atoms. The maximum Gasteiger partial charge on any atom is 0.358 e. The summed E-state index contributed by atoms with van der Waals surface area (Å²) < 4.78 is 0. The van der Waals surface area contributed by atoms with Crippen LogP contribution in [0.25, 0.3) is 0 Å². The molecule has 0 fully saturated rings. The molecule has 0 unspecified atom stereocenters. The Morgan fingerprint density at radius 3 is 2.31 bits per heavy atom. The van der Waals surface area contributed by atoms with E-state index in [1.165, 1.54) is 5.56 Å². The lowest BCUT2D eigenvalue weighted by atomic mass is 9.56. The molecule has 0 aliphatic heterocycles. The van der Waals surface area contributed by atoms with E-state index in [0.717, 1.165) is 17.3 Å². The summed E-state index contributed by atoms with van der Waals surface area (Å²) in [5.41, 5.74) is 3.16. The van der Waals surface area contributed by atoms with E-state index in [9.17, 15) is 5.02 Å². The standard InChI is InChI=1S/C14H15BO/c1-2-12-7-6-10-14(11-12)15(16)13-8-4-3-5-9-13/h3-11,16H,2H2,1H3. The molecule has 0 atom stereocenters. The molecule has 2 aromatic carbocycles. The molecule has 0 aromatic heterocycles. The van der Waals surface area contributed by atoms with E-state index < -0.39 is 6.92 Å². The van der Waals surface area contributed by atoms with Gasteiger partial charge in [0.25, 0.3) is 0 Å². The Balaban J connectivity index is 2.30. The molecular formula is C14H15BO. The zero-order valence-electron chi connectivity index (χ0n) is 9.43. The molecule has 1 nitrogen and oxygen atoms in total. The minimum absolute atomic E-state index is 0.521. The first-order valence-corrected chi connectivity index (χ1v) is 5.63. The van der Waals surface area contributed by atoms with E-state index in [1.807, 2.05) is 42.5 Å². The number of benzene rings is 2. The first-order chi connectivity index (χ1) is 7.81. The molecule has 80 valence electrons. The highest BCUT2D eigenvalue weighted by molar-refractivity contribution is 6.78. The summed E-state index contributed by atoms with van der Waals surface area (Å²) in [5.74, 6) is 0. The average molecular weight is 210 g/mol. The minimum Gasteiger partial charge on any atom is -0.443 e. The quantitative estimate of drug-likeness (QED) is 0.758. The van der Waals surface area contributed by atoms with Gasteiger partial charge in [-0.25, -0.2) is 0 Å². The Labute approximate surface area is 96.9 Å². The van der Waals surface area contributed by atoms with Crippen LogP contribution in [0.4, 0.5) is 0 Å². The molecule has 0 aliphatic carbocycles. The smallest absolute Gasteiger partial charge is 0.358 e. The van der Waals surface area contributed by atoms with Gasteiger partial charge in [-0.15, -0.1) is 0 Å². The van der Waals surface area contributed by atoms with Crippen molar-refractivity contribution in [3.8, 4) is 0 Å². The SMILES string of the molecule is CCc1cccc(B(O)c2ccccc2)c1. The lowest BCUT2D eigenvalue weighted by Gasteiger charge is -2.08. The van der Waals surface area contributed by atoms with Crippen LogP contribution in [0.2, 0.25) is 0 Å². The summed E-state index contributed by atoms with van der Waals surface area (Å²) >= 11 is 0. The highest BCUT2D eigenvalue weighted by atomic mass is 16.2. The zero-order chi connectivity index (χ0) is 11.4. The summed E-state index contributed by atoms with van der Waals surface area (Å²) in [5, 5.41) is 10.2. The van der Waals surface area contributed by atoms with E-state index in [2.05, 4.69) is 19.1 Å². The summed E-state index contributed by atoms with van der Waals surface area (Å²) in [6.45, 7) is 1.60. The average Bonchev–Trinajstić information content (AvgIpc) is 2.39. The minimum atomic E-state index is -0.521. The van der Waals surface area contributed by atoms with Crippen molar-refractivity contribution in [1.29, 1.82) is 0 Å². The van der Waals surface area contributed by atoms with Crippen LogP contribution in [-0.2, 0) is 6.42 Å². The maximum absolute atomic E-state index is 10.2. The molecule has 0 spiro atoms. The molecule has 1 N–H and O–H groups in total. The summed E-state index contributed by atoms with van der Waals surface area (Å²) in [4.78, 5) is 0. The zero-order valence-corrected chi connectivity index (χ0v) is 9.43. The number of aryl methyl sites for hydroxylation is 1. The largest absolute Gasteiger partial charge is 0.443 e. The third-order valence-corrected chi connectivity index (χ3v) is 2.79. The van der Waals surface area contributed by atoms with Gasteiger partial charge in [-0.05, 0) is 22.9 Å². The normalized spacial score (nSPS) is 10.1. The monoisotopic (exact) mass is 210 g/mol. The van der Waals surface area contributed by atoms with Crippen molar-refractivity contribution < 1.29 is 5.02 Å². The van der Waals surface area contributed by atoms with Crippen LogP contribution >= 0.6 is 0 Å². The lowest BCUT2D eigenvalue weighted by molar-refractivity contribution is 0.600. The van der Waals surface area contributed by atoms with Crippen molar-refractivity contribution in [2.75, 3.05) is 0 Å². The summed E-state index contributed by atoms with van der Waals surface area (Å²) in [6, 6.07) is 17.9. The van der Waals surface area contributed by atoms with Crippen molar-refractivity contribution in [3.63, 3.8) is 0 Å². The van der Waals surface area contributed by atoms with Gasteiger partial charge in [0.05, 0.1) is 0 Å². The van der Waals surface area contributed by atoms with Crippen LogP contribution in [0.1, 0.15) is 12.5 Å². The van der Waals surface area contributed by atoms with Crippen LogP contribution in [0, 0.1) is 0 Å². The number of hydrogen-bond donors (Lipinski definition) is 1. The Morgan fingerprint density at radius 2 is 1.62 bits per heavy atom. The second-order valence-corrected chi connectivity index (χ2v) is 3.91. The van der Waals surface area contributed by atoms with E-state index >= 15 is 0 Å². The Morgan fingerprint density at radius 1 is 0.938 bits per heavy atom. The van der Waals surface area contributed by atoms with Crippen LogP contribution in [-0.4, -0.2) is 11.9 Å².